The number of nitrogens with one attached hydrogen (secondary N) is 1. The molecule has 2 rings (SSSR count). The number of nitrogens with two attached hydrogens (primary N) is 1. The van der Waals surface area contributed by atoms with Gasteiger partial charge in [0.1, 0.15) is 11.6 Å². The Morgan fingerprint density at radius 1 is 1.35 bits per heavy atom. The Hall–Kier alpha value is -2.09. The third kappa shape index (κ3) is 2.74. The largest absolute Gasteiger partial charge is 0.396 e. The van der Waals surface area contributed by atoms with Gasteiger partial charge in [-0.2, -0.15) is 5.10 Å². The monoisotopic (exact) mass is 298 g/mol. The van der Waals surface area contributed by atoms with Crippen LogP contribution in [0.25, 0.3) is 0 Å². The molecule has 1 aromatic heterocycles. The Morgan fingerprint density at radius 2 is 2.05 bits per heavy atom. The molecule has 0 unspecified atom stereocenters. The molecule has 0 atom stereocenters. The summed E-state index contributed by atoms with van der Waals surface area (Å²) in [5, 5.41) is 4.02. The fourth-order valence-corrected chi connectivity index (χ4v) is 2.74. The van der Waals surface area contributed by atoms with Crippen LogP contribution in [0, 0.1) is 5.82 Å². The van der Waals surface area contributed by atoms with Gasteiger partial charge in [0.2, 0.25) is 0 Å². The van der Waals surface area contributed by atoms with E-state index in [9.17, 15) is 12.8 Å². The van der Waals surface area contributed by atoms with Gasteiger partial charge in [-0.15, -0.1) is 0 Å². The van der Waals surface area contributed by atoms with Gasteiger partial charge in [0, 0.05) is 12.1 Å². The van der Waals surface area contributed by atoms with Crippen molar-refractivity contribution in [2.45, 2.75) is 24.8 Å². The number of nitrogen functional groups attached to an aromatic ring is 1. The lowest BCUT2D eigenvalue weighted by Gasteiger charge is -2.13. The van der Waals surface area contributed by atoms with E-state index in [4.69, 9.17) is 5.73 Å². The van der Waals surface area contributed by atoms with Crippen molar-refractivity contribution in [3.63, 3.8) is 0 Å². The number of sulfonamides is 1. The highest BCUT2D eigenvalue weighted by molar-refractivity contribution is 7.92. The summed E-state index contributed by atoms with van der Waals surface area (Å²) in [5.41, 5.74) is 5.23. The number of aromatic nitrogens is 2. The molecule has 0 aliphatic heterocycles. The zero-order chi connectivity index (χ0) is 14.9. The molecule has 1 aromatic carbocycles. The van der Waals surface area contributed by atoms with Crippen molar-refractivity contribution in [2.75, 3.05) is 10.5 Å². The van der Waals surface area contributed by atoms with Gasteiger partial charge in [-0.05, 0) is 32.0 Å². The molecule has 0 aliphatic carbocycles. The van der Waals surface area contributed by atoms with Gasteiger partial charge in [0.15, 0.2) is 0 Å². The van der Waals surface area contributed by atoms with E-state index in [0.717, 1.165) is 6.07 Å². The van der Waals surface area contributed by atoms with E-state index < -0.39 is 15.8 Å². The second kappa shape index (κ2) is 5.12. The van der Waals surface area contributed by atoms with Crippen LogP contribution in [-0.4, -0.2) is 18.2 Å². The molecular weight excluding hydrogens is 283 g/mol. The molecule has 20 heavy (non-hydrogen) atoms. The highest BCUT2D eigenvalue weighted by atomic mass is 32.2. The van der Waals surface area contributed by atoms with Crippen LogP contribution in [0.3, 0.4) is 0 Å². The first-order valence-electron chi connectivity index (χ1n) is 5.92. The maximum absolute atomic E-state index is 13.4. The molecule has 0 saturated heterocycles. The fraction of sp³-hybridized carbons (Fsp3) is 0.250. The van der Waals surface area contributed by atoms with E-state index in [0.29, 0.717) is 5.82 Å². The highest BCUT2D eigenvalue weighted by Gasteiger charge is 2.18. The van der Waals surface area contributed by atoms with E-state index in [2.05, 4.69) is 9.82 Å². The Kier molecular flexibility index (Phi) is 3.67. The van der Waals surface area contributed by atoms with Crippen LogP contribution in [0.15, 0.2) is 35.4 Å². The van der Waals surface area contributed by atoms with Crippen molar-refractivity contribution in [3.05, 3.63) is 36.3 Å². The lowest BCUT2D eigenvalue weighted by molar-refractivity contribution is 0.539. The first-order valence-corrected chi connectivity index (χ1v) is 7.41. The van der Waals surface area contributed by atoms with E-state index in [1.54, 1.807) is 0 Å². The smallest absolute Gasteiger partial charge is 0.263 e. The minimum absolute atomic E-state index is 0.00847. The standard InChI is InChI=1S/C12H15FN4O2S/c1-8(2)17-12(5-6-15-17)16-20(18,19)9-3-4-11(14)10(13)7-9/h3-8,16H,14H2,1-2H3. The summed E-state index contributed by atoms with van der Waals surface area (Å²) in [6.07, 6.45) is 1.49. The third-order valence-corrected chi connectivity index (χ3v) is 4.03. The van der Waals surface area contributed by atoms with Gasteiger partial charge >= 0.3 is 0 Å². The van der Waals surface area contributed by atoms with Crippen LogP contribution in [-0.2, 0) is 10.0 Å². The molecule has 0 bridgehead atoms. The number of benzene rings is 1. The second-order valence-electron chi connectivity index (χ2n) is 4.54. The Labute approximate surface area is 116 Å². The van der Waals surface area contributed by atoms with Crippen LogP contribution >= 0.6 is 0 Å². The van der Waals surface area contributed by atoms with Crippen LogP contribution in [0.5, 0.6) is 0 Å². The number of halogens is 1. The van der Waals surface area contributed by atoms with Gasteiger partial charge in [-0.3, -0.25) is 4.72 Å². The highest BCUT2D eigenvalue weighted by Crippen LogP contribution is 2.21. The summed E-state index contributed by atoms with van der Waals surface area (Å²) in [6, 6.07) is 4.87. The number of nitrogens with zero attached hydrogens (tertiary/aromatic N) is 2. The third-order valence-electron chi connectivity index (χ3n) is 2.68. The summed E-state index contributed by atoms with van der Waals surface area (Å²) in [4.78, 5) is -0.194. The molecule has 8 heteroatoms. The minimum Gasteiger partial charge on any atom is -0.396 e. The first kappa shape index (κ1) is 14.3. The van der Waals surface area contributed by atoms with Crippen LogP contribution in [0.1, 0.15) is 19.9 Å². The Balaban J connectivity index is 2.36. The summed E-state index contributed by atoms with van der Waals surface area (Å²) < 4.78 is 41.6. The summed E-state index contributed by atoms with van der Waals surface area (Å²) in [7, 11) is -3.88. The normalized spacial score (nSPS) is 11.8. The zero-order valence-corrected chi connectivity index (χ0v) is 11.9. The molecule has 1 heterocycles. The molecule has 3 N–H and O–H groups in total. The van der Waals surface area contributed by atoms with Crippen molar-refractivity contribution in [3.8, 4) is 0 Å². The van der Waals surface area contributed by atoms with Crippen LogP contribution in [0.4, 0.5) is 15.9 Å². The maximum atomic E-state index is 13.4. The summed E-state index contributed by atoms with van der Waals surface area (Å²) in [6.45, 7) is 3.74. The van der Waals surface area contributed by atoms with Crippen molar-refractivity contribution in [2.24, 2.45) is 0 Å². The van der Waals surface area contributed by atoms with Gasteiger partial charge in [0.25, 0.3) is 10.0 Å². The van der Waals surface area contributed by atoms with Gasteiger partial charge in [-0.25, -0.2) is 17.5 Å². The van der Waals surface area contributed by atoms with Crippen LogP contribution in [0.2, 0.25) is 0 Å². The topological polar surface area (TPSA) is 90.0 Å². The van der Waals surface area contributed by atoms with Crippen molar-refractivity contribution in [1.29, 1.82) is 0 Å². The predicted octanol–water partition coefficient (Wildman–Crippen LogP) is 1.99. The van der Waals surface area contributed by atoms with Crippen molar-refractivity contribution >= 4 is 21.5 Å². The molecule has 0 spiro atoms. The Morgan fingerprint density at radius 3 is 2.65 bits per heavy atom. The maximum Gasteiger partial charge on any atom is 0.263 e. The average Bonchev–Trinajstić information content (AvgIpc) is 2.80. The number of hydrogen-bond acceptors (Lipinski definition) is 4. The SMILES string of the molecule is CC(C)n1nccc1NS(=O)(=O)c1ccc(N)c(F)c1. The number of hydrogen-bond donors (Lipinski definition) is 2. The molecule has 2 aromatic rings. The van der Waals surface area contributed by atoms with Gasteiger partial charge in [-0.1, -0.05) is 0 Å². The lowest BCUT2D eigenvalue weighted by atomic mass is 10.3. The fourth-order valence-electron chi connectivity index (χ4n) is 1.68. The van der Waals surface area contributed by atoms with Crippen molar-refractivity contribution < 1.29 is 12.8 Å². The molecule has 0 aliphatic rings. The van der Waals surface area contributed by atoms with Crippen molar-refractivity contribution in [1.82, 2.24) is 9.78 Å². The van der Waals surface area contributed by atoms with Crippen LogP contribution < -0.4 is 10.5 Å². The predicted molar refractivity (Wildman–Crippen MR) is 74.2 cm³/mol. The first-order chi connectivity index (χ1) is 9.31. The average molecular weight is 298 g/mol. The minimum atomic E-state index is -3.88. The number of anilines is 2. The van der Waals surface area contributed by atoms with E-state index in [-0.39, 0.29) is 16.6 Å². The zero-order valence-electron chi connectivity index (χ0n) is 11.0. The van der Waals surface area contributed by atoms with E-state index in [1.807, 2.05) is 13.8 Å². The molecule has 108 valence electrons. The quantitative estimate of drug-likeness (QED) is 0.845. The number of rotatable bonds is 4. The van der Waals surface area contributed by atoms with E-state index >= 15 is 0 Å². The Bertz CT molecular complexity index is 725. The molecule has 0 radical (unpaired) electrons. The summed E-state index contributed by atoms with van der Waals surface area (Å²) in [5.74, 6) is -0.456. The second-order valence-corrected chi connectivity index (χ2v) is 6.23. The molecule has 0 saturated carbocycles. The molecule has 0 fully saturated rings. The lowest BCUT2D eigenvalue weighted by Crippen LogP contribution is -2.17. The molecule has 6 nitrogen and oxygen atoms in total. The summed E-state index contributed by atoms with van der Waals surface area (Å²) >= 11 is 0. The van der Waals surface area contributed by atoms with Gasteiger partial charge < -0.3 is 5.73 Å². The van der Waals surface area contributed by atoms with Gasteiger partial charge in [0.05, 0.1) is 16.8 Å². The molecular formula is C12H15FN4O2S. The van der Waals surface area contributed by atoms with E-state index in [1.165, 1.54) is 29.1 Å². The molecule has 0 amide bonds.